The van der Waals surface area contributed by atoms with Crippen LogP contribution in [0.25, 0.3) is 44.2 Å². The van der Waals surface area contributed by atoms with Gasteiger partial charge in [0, 0.05) is 23.5 Å². The van der Waals surface area contributed by atoms with Gasteiger partial charge in [-0.05, 0) is 105 Å². The molecule has 6 atom stereocenters. The van der Waals surface area contributed by atoms with Crippen molar-refractivity contribution in [3.05, 3.63) is 65.9 Å². The predicted molar refractivity (Wildman–Crippen MR) is 217 cm³/mol. The molecule has 0 saturated carbocycles. The number of methoxy groups -OCH3 is 1. The Hall–Kier alpha value is -5.59. The highest BCUT2D eigenvalue weighted by Gasteiger charge is 2.44. The second-order valence-electron chi connectivity index (χ2n) is 17.6. The number of rotatable bonds is 6. The average Bonchev–Trinajstić information content (AvgIpc) is 3.97. The van der Waals surface area contributed by atoms with Crippen molar-refractivity contribution in [1.29, 1.82) is 0 Å². The van der Waals surface area contributed by atoms with Gasteiger partial charge in [-0.15, -0.1) is 0 Å². The van der Waals surface area contributed by atoms with E-state index in [4.69, 9.17) is 24.2 Å². The zero-order valence-electron chi connectivity index (χ0n) is 34.2. The minimum atomic E-state index is -0.704. The van der Waals surface area contributed by atoms with E-state index >= 15 is 0 Å². The van der Waals surface area contributed by atoms with E-state index in [2.05, 4.69) is 72.5 Å². The summed E-state index contributed by atoms with van der Waals surface area (Å²) >= 11 is 0. The number of nitrogens with zero attached hydrogens (tertiary/aromatic N) is 4. The third-order valence-electron chi connectivity index (χ3n) is 11.9. The Morgan fingerprint density at radius 2 is 1.75 bits per heavy atom. The summed E-state index contributed by atoms with van der Waals surface area (Å²) in [7, 11) is 1.30. The third-order valence-corrected chi connectivity index (χ3v) is 11.9. The molecule has 3 aliphatic rings. The van der Waals surface area contributed by atoms with Gasteiger partial charge in [0.2, 0.25) is 5.91 Å². The maximum absolute atomic E-state index is 13.8. The molecular formula is C44H53N7O6. The van der Waals surface area contributed by atoms with Crippen LogP contribution in [0.15, 0.2) is 48.7 Å². The molecule has 2 aromatic heterocycles. The van der Waals surface area contributed by atoms with Gasteiger partial charge in [0.25, 0.3) is 0 Å². The van der Waals surface area contributed by atoms with Crippen LogP contribution in [-0.2, 0) is 20.9 Å². The molecule has 3 aliphatic heterocycles. The van der Waals surface area contributed by atoms with Crippen molar-refractivity contribution >= 4 is 39.9 Å². The summed E-state index contributed by atoms with van der Waals surface area (Å²) in [5, 5.41) is 4.79. The Balaban J connectivity index is 1.06. The molecule has 0 spiro atoms. The highest BCUT2D eigenvalue weighted by molar-refractivity contribution is 6.07. The average molecular weight is 776 g/mol. The number of hydrogen-bond donors (Lipinski definition) is 3. The molecule has 3 N–H and O–H groups in total. The lowest BCUT2D eigenvalue weighted by Crippen LogP contribution is -2.51. The molecule has 13 nitrogen and oxygen atoms in total. The summed E-state index contributed by atoms with van der Waals surface area (Å²) in [5.74, 6) is 2.59. The fourth-order valence-electron chi connectivity index (χ4n) is 8.79. The number of fused-ring (bicyclic) bond motifs is 6. The van der Waals surface area contributed by atoms with Crippen LogP contribution < -0.4 is 10.1 Å². The summed E-state index contributed by atoms with van der Waals surface area (Å²) in [5.41, 5.74) is 6.17. The van der Waals surface area contributed by atoms with Crippen LogP contribution in [0.2, 0.25) is 0 Å². The number of alkyl carbamates (subject to hydrolysis) is 1. The number of nitrogens with one attached hydrogen (secondary N) is 3. The van der Waals surface area contributed by atoms with Crippen LogP contribution in [-0.4, -0.2) is 79.2 Å². The molecule has 0 radical (unpaired) electrons. The SMILES string of the molecule is COC(=O)N[C@H](C(=O)N1C[C@@H](C)C[C@H]1c1ncc(-c2ccc3c(c2)COc2cc4c(ccc5nc([C@@H]6C[C@@H](C)[C@@H](C)N6C(=O)OC(C)(C)C)[nH]c54)cc2-3)[nH]1)C(C)C. The standard InChI is InChI=1S/C44H53N7O6/c1-22(2)37(49-42(53)55-9)41(52)50-20-23(3)14-34(50)39-45-19-33(47-39)27-10-12-29-28(16-27)21-56-36-18-30-26(17-31(29)36)11-13-32-38(30)48-40(46-32)35-15-24(4)25(5)51(35)43(54)57-44(6,7)8/h10-13,16-19,22-25,34-35,37H,14-15,20-21H2,1-9H3,(H,45,47)(H,46,48)(H,49,53)/t23-,24+,25+,34-,35-,37-/m0/s1. The lowest BCUT2D eigenvalue weighted by Gasteiger charge is -2.31. The van der Waals surface area contributed by atoms with Crippen molar-refractivity contribution < 1.29 is 28.6 Å². The Kier molecular flexibility index (Phi) is 9.68. The van der Waals surface area contributed by atoms with E-state index in [1.807, 2.05) is 56.7 Å². The first-order valence-electron chi connectivity index (χ1n) is 20.0. The number of imidazole rings is 2. The Morgan fingerprint density at radius 3 is 2.49 bits per heavy atom. The Morgan fingerprint density at radius 1 is 0.965 bits per heavy atom. The van der Waals surface area contributed by atoms with Crippen LogP contribution in [0, 0.1) is 17.8 Å². The monoisotopic (exact) mass is 775 g/mol. The molecule has 57 heavy (non-hydrogen) atoms. The molecule has 13 heteroatoms. The van der Waals surface area contributed by atoms with E-state index in [0.717, 1.165) is 80.0 Å². The van der Waals surface area contributed by atoms with E-state index in [1.54, 1.807) is 0 Å². The van der Waals surface area contributed by atoms with Crippen molar-refractivity contribution in [2.45, 2.75) is 105 Å². The molecular weight excluding hydrogens is 723 g/mol. The van der Waals surface area contributed by atoms with Crippen molar-refractivity contribution in [2.24, 2.45) is 17.8 Å². The number of carbonyl (C=O) groups is 3. The van der Waals surface area contributed by atoms with Gasteiger partial charge in [-0.1, -0.05) is 45.9 Å². The first-order chi connectivity index (χ1) is 27.1. The van der Waals surface area contributed by atoms with Crippen LogP contribution in [0.5, 0.6) is 5.75 Å². The molecule has 0 unspecified atom stereocenters. The zero-order valence-corrected chi connectivity index (χ0v) is 34.2. The molecule has 0 bridgehead atoms. The van der Waals surface area contributed by atoms with Crippen molar-refractivity contribution in [3.8, 4) is 28.1 Å². The molecule has 300 valence electrons. The van der Waals surface area contributed by atoms with Crippen LogP contribution in [0.1, 0.15) is 97.5 Å². The fourth-order valence-corrected chi connectivity index (χ4v) is 8.79. The highest BCUT2D eigenvalue weighted by atomic mass is 16.6. The van der Waals surface area contributed by atoms with Gasteiger partial charge in [0.15, 0.2) is 0 Å². The maximum atomic E-state index is 13.8. The maximum Gasteiger partial charge on any atom is 0.411 e. The number of ether oxygens (including phenoxy) is 3. The molecule has 0 aliphatic carbocycles. The lowest BCUT2D eigenvalue weighted by atomic mass is 9.92. The molecule has 8 rings (SSSR count). The molecule has 3 amide bonds. The number of amides is 3. The fraction of sp³-hybridized carbons (Fsp3) is 0.477. The normalized spacial score (nSPS) is 22.4. The second-order valence-corrected chi connectivity index (χ2v) is 17.6. The van der Waals surface area contributed by atoms with E-state index in [9.17, 15) is 14.4 Å². The smallest absolute Gasteiger partial charge is 0.411 e. The predicted octanol–water partition coefficient (Wildman–Crippen LogP) is 8.66. The highest BCUT2D eigenvalue weighted by Crippen LogP contribution is 2.45. The second kappa shape index (κ2) is 14.4. The number of aromatic amines is 2. The minimum Gasteiger partial charge on any atom is -0.488 e. The summed E-state index contributed by atoms with van der Waals surface area (Å²) in [6, 6.07) is 13.6. The Labute approximate surface area is 332 Å². The first kappa shape index (κ1) is 38.3. The van der Waals surface area contributed by atoms with Crippen molar-refractivity contribution in [2.75, 3.05) is 13.7 Å². The van der Waals surface area contributed by atoms with Crippen LogP contribution in [0.3, 0.4) is 0 Å². The number of hydrogen-bond acceptors (Lipinski definition) is 8. The number of likely N-dealkylation sites (tertiary alicyclic amines) is 2. The molecule has 3 aromatic carbocycles. The van der Waals surface area contributed by atoms with E-state index < -0.39 is 17.7 Å². The van der Waals surface area contributed by atoms with E-state index in [0.29, 0.717) is 19.1 Å². The topological polar surface area (TPSA) is 155 Å². The van der Waals surface area contributed by atoms with Gasteiger partial charge in [0.05, 0.1) is 42.1 Å². The van der Waals surface area contributed by atoms with Crippen molar-refractivity contribution in [1.82, 2.24) is 35.1 Å². The van der Waals surface area contributed by atoms with E-state index in [1.165, 1.54) is 7.11 Å². The zero-order chi connectivity index (χ0) is 40.5. The summed E-state index contributed by atoms with van der Waals surface area (Å²) < 4.78 is 17.0. The van der Waals surface area contributed by atoms with E-state index in [-0.39, 0.29) is 42.0 Å². The van der Waals surface area contributed by atoms with Crippen LogP contribution in [0.4, 0.5) is 9.59 Å². The van der Waals surface area contributed by atoms with Gasteiger partial charge >= 0.3 is 12.2 Å². The lowest BCUT2D eigenvalue weighted by molar-refractivity contribution is -0.135. The van der Waals surface area contributed by atoms with Gasteiger partial charge < -0.3 is 34.4 Å². The van der Waals surface area contributed by atoms with Gasteiger partial charge in [-0.25, -0.2) is 19.6 Å². The summed E-state index contributed by atoms with van der Waals surface area (Å²) in [4.78, 5) is 59.8. The third kappa shape index (κ3) is 7.05. The minimum absolute atomic E-state index is 0.0177. The largest absolute Gasteiger partial charge is 0.488 e. The Bertz CT molecular complexity index is 2380. The number of benzene rings is 3. The molecule has 5 heterocycles. The van der Waals surface area contributed by atoms with Gasteiger partial charge in [-0.3, -0.25) is 9.69 Å². The summed E-state index contributed by atoms with van der Waals surface area (Å²) in [6.07, 6.45) is 2.44. The number of aromatic nitrogens is 4. The number of carbonyl (C=O) groups excluding carboxylic acids is 3. The van der Waals surface area contributed by atoms with Gasteiger partial charge in [0.1, 0.15) is 35.6 Å². The van der Waals surface area contributed by atoms with Crippen LogP contribution >= 0.6 is 0 Å². The van der Waals surface area contributed by atoms with Crippen molar-refractivity contribution in [3.63, 3.8) is 0 Å². The first-order valence-corrected chi connectivity index (χ1v) is 20.0. The molecule has 2 saturated heterocycles. The molecule has 5 aromatic rings. The van der Waals surface area contributed by atoms with Gasteiger partial charge in [-0.2, -0.15) is 0 Å². The number of H-pyrrole nitrogens is 2. The molecule has 2 fully saturated rings. The summed E-state index contributed by atoms with van der Waals surface area (Å²) in [6.45, 7) is 16.8. The quantitative estimate of drug-likeness (QED) is 0.155.